The number of allylic oxidation sites excluding steroid dienone is 1. The fraction of sp³-hybridized carbons (Fsp3) is 0.364. The lowest BCUT2D eigenvalue weighted by Gasteiger charge is -2.44. The molecule has 1 aliphatic heterocycles. The van der Waals surface area contributed by atoms with E-state index < -0.39 is 0 Å². The van der Waals surface area contributed by atoms with Crippen LogP contribution in [0.3, 0.4) is 0 Å². The molecule has 1 saturated heterocycles. The van der Waals surface area contributed by atoms with Crippen molar-refractivity contribution in [3.8, 4) is 0 Å². The van der Waals surface area contributed by atoms with Crippen LogP contribution in [-0.2, 0) is 13.1 Å². The summed E-state index contributed by atoms with van der Waals surface area (Å²) in [5.41, 5.74) is 4.23. The Morgan fingerprint density at radius 3 is 2.44 bits per heavy atom. The third-order valence-corrected chi connectivity index (χ3v) is 5.29. The van der Waals surface area contributed by atoms with Crippen LogP contribution in [0, 0.1) is 0 Å². The highest BCUT2D eigenvalue weighted by atomic mass is 15.2. The summed E-state index contributed by atoms with van der Waals surface area (Å²) in [6.45, 7) is 4.09. The van der Waals surface area contributed by atoms with Crippen LogP contribution in [0.1, 0.15) is 24.0 Å². The van der Waals surface area contributed by atoms with Crippen molar-refractivity contribution in [1.82, 2.24) is 15.5 Å². The minimum atomic E-state index is 0.426. The maximum atomic E-state index is 3.79. The first-order chi connectivity index (χ1) is 12.4. The van der Waals surface area contributed by atoms with Gasteiger partial charge in [-0.05, 0) is 24.0 Å². The number of fused-ring (bicyclic) bond motifs is 1. The van der Waals surface area contributed by atoms with Gasteiger partial charge in [-0.15, -0.1) is 0 Å². The Labute approximate surface area is 150 Å². The van der Waals surface area contributed by atoms with Crippen molar-refractivity contribution in [2.24, 2.45) is 0 Å². The molecule has 1 aliphatic carbocycles. The average molecular weight is 333 g/mol. The molecule has 25 heavy (non-hydrogen) atoms. The Kier molecular flexibility index (Phi) is 5.14. The molecule has 0 amide bonds. The molecule has 0 saturated carbocycles. The largest absolute Gasteiger partial charge is 0.368 e. The minimum absolute atomic E-state index is 0.426. The van der Waals surface area contributed by atoms with E-state index >= 15 is 0 Å². The molecule has 2 aromatic carbocycles. The topological polar surface area (TPSA) is 27.3 Å². The molecular weight excluding hydrogens is 306 g/mol. The number of hydrogen-bond donors (Lipinski definition) is 2. The molecule has 2 aromatic rings. The Morgan fingerprint density at radius 2 is 1.68 bits per heavy atom. The van der Waals surface area contributed by atoms with Gasteiger partial charge in [-0.25, -0.2) is 0 Å². The highest BCUT2D eigenvalue weighted by molar-refractivity contribution is 5.23. The SMILES string of the molecule is C1=C2C(NCCN2Cc2ccccc2)C(NCc2ccccc2)CC1. The molecule has 0 spiro atoms. The number of piperazine rings is 1. The highest BCUT2D eigenvalue weighted by Crippen LogP contribution is 2.26. The van der Waals surface area contributed by atoms with Crippen molar-refractivity contribution < 1.29 is 0 Å². The van der Waals surface area contributed by atoms with Crippen molar-refractivity contribution in [2.75, 3.05) is 13.1 Å². The summed E-state index contributed by atoms with van der Waals surface area (Å²) in [5.74, 6) is 0. The Hall–Kier alpha value is -2.10. The quantitative estimate of drug-likeness (QED) is 0.879. The average Bonchev–Trinajstić information content (AvgIpc) is 2.68. The predicted octanol–water partition coefficient (Wildman–Crippen LogP) is 3.30. The van der Waals surface area contributed by atoms with E-state index in [1.54, 1.807) is 0 Å². The number of benzene rings is 2. The van der Waals surface area contributed by atoms with Gasteiger partial charge in [-0.2, -0.15) is 0 Å². The molecular formula is C22H27N3. The first-order valence-corrected chi connectivity index (χ1v) is 9.40. The fourth-order valence-corrected chi connectivity index (χ4v) is 4.01. The molecule has 3 heteroatoms. The number of nitrogens with one attached hydrogen (secondary N) is 2. The summed E-state index contributed by atoms with van der Waals surface area (Å²) < 4.78 is 0. The van der Waals surface area contributed by atoms with Gasteiger partial charge in [-0.1, -0.05) is 66.7 Å². The second-order valence-electron chi connectivity index (χ2n) is 7.02. The lowest BCUT2D eigenvalue weighted by Crippen LogP contribution is -2.58. The standard InChI is InChI=1S/C22H27N3/c1-3-8-18(9-4-1)16-24-20-12-7-13-21-22(20)23-14-15-25(21)17-19-10-5-2-6-11-19/h1-6,8-11,13,20,22-24H,7,12,14-17H2. The molecule has 2 atom stereocenters. The highest BCUT2D eigenvalue weighted by Gasteiger charge is 2.33. The smallest absolute Gasteiger partial charge is 0.0624 e. The van der Waals surface area contributed by atoms with Crippen molar-refractivity contribution in [1.29, 1.82) is 0 Å². The van der Waals surface area contributed by atoms with Gasteiger partial charge < -0.3 is 15.5 Å². The van der Waals surface area contributed by atoms with Crippen molar-refractivity contribution >= 4 is 0 Å². The summed E-state index contributed by atoms with van der Waals surface area (Å²) in [6, 6.07) is 22.4. The minimum Gasteiger partial charge on any atom is -0.368 e. The maximum absolute atomic E-state index is 3.79. The second kappa shape index (κ2) is 7.85. The third kappa shape index (κ3) is 3.94. The van der Waals surface area contributed by atoms with Crippen molar-refractivity contribution in [3.05, 3.63) is 83.6 Å². The Bertz CT molecular complexity index is 696. The molecule has 0 bridgehead atoms. The van der Waals surface area contributed by atoms with Crippen LogP contribution in [0.2, 0.25) is 0 Å². The Balaban J connectivity index is 1.43. The van der Waals surface area contributed by atoms with Crippen LogP contribution < -0.4 is 10.6 Å². The van der Waals surface area contributed by atoms with Crippen LogP contribution in [0.25, 0.3) is 0 Å². The van der Waals surface area contributed by atoms with E-state index in [2.05, 4.69) is 82.3 Å². The van der Waals surface area contributed by atoms with Crippen molar-refractivity contribution in [2.45, 2.75) is 38.0 Å². The second-order valence-corrected chi connectivity index (χ2v) is 7.02. The molecule has 2 N–H and O–H groups in total. The summed E-state index contributed by atoms with van der Waals surface area (Å²) in [6.07, 6.45) is 4.80. The molecule has 4 rings (SSSR count). The van der Waals surface area contributed by atoms with Crippen LogP contribution in [0.15, 0.2) is 72.4 Å². The van der Waals surface area contributed by atoms with E-state index in [1.807, 2.05) is 0 Å². The summed E-state index contributed by atoms with van der Waals surface area (Å²) >= 11 is 0. The van der Waals surface area contributed by atoms with Crippen LogP contribution in [-0.4, -0.2) is 30.1 Å². The molecule has 1 heterocycles. The zero-order valence-corrected chi connectivity index (χ0v) is 14.7. The molecule has 1 fully saturated rings. The number of nitrogens with zero attached hydrogens (tertiary/aromatic N) is 1. The summed E-state index contributed by atoms with van der Waals surface area (Å²) in [7, 11) is 0. The summed E-state index contributed by atoms with van der Waals surface area (Å²) in [5, 5.41) is 7.54. The van der Waals surface area contributed by atoms with Crippen molar-refractivity contribution in [3.63, 3.8) is 0 Å². The van der Waals surface area contributed by atoms with Gasteiger partial charge >= 0.3 is 0 Å². The zero-order chi connectivity index (χ0) is 16.9. The normalized spacial score (nSPS) is 23.0. The van der Waals surface area contributed by atoms with E-state index in [1.165, 1.54) is 23.2 Å². The van der Waals surface area contributed by atoms with Gasteiger partial charge in [0.2, 0.25) is 0 Å². The van der Waals surface area contributed by atoms with E-state index in [0.717, 1.165) is 32.6 Å². The first-order valence-electron chi connectivity index (χ1n) is 9.40. The van der Waals surface area contributed by atoms with Crippen LogP contribution in [0.5, 0.6) is 0 Å². The zero-order valence-electron chi connectivity index (χ0n) is 14.7. The molecule has 3 nitrogen and oxygen atoms in total. The molecule has 2 unspecified atom stereocenters. The van der Waals surface area contributed by atoms with E-state index in [4.69, 9.17) is 0 Å². The van der Waals surface area contributed by atoms with Gasteiger partial charge in [0.15, 0.2) is 0 Å². The lowest BCUT2D eigenvalue weighted by atomic mass is 9.90. The van der Waals surface area contributed by atoms with Crippen LogP contribution in [0.4, 0.5) is 0 Å². The number of rotatable bonds is 5. The van der Waals surface area contributed by atoms with E-state index in [9.17, 15) is 0 Å². The molecule has 2 aliphatic rings. The third-order valence-electron chi connectivity index (χ3n) is 5.29. The Morgan fingerprint density at radius 1 is 0.960 bits per heavy atom. The van der Waals surface area contributed by atoms with E-state index in [-0.39, 0.29) is 0 Å². The van der Waals surface area contributed by atoms with Gasteiger partial charge in [0.05, 0.1) is 6.04 Å². The van der Waals surface area contributed by atoms with Gasteiger partial charge in [0.25, 0.3) is 0 Å². The maximum Gasteiger partial charge on any atom is 0.0624 e. The summed E-state index contributed by atoms with van der Waals surface area (Å²) in [4.78, 5) is 2.56. The predicted molar refractivity (Wildman–Crippen MR) is 103 cm³/mol. The first kappa shape index (κ1) is 16.4. The lowest BCUT2D eigenvalue weighted by molar-refractivity contribution is 0.214. The van der Waals surface area contributed by atoms with E-state index in [0.29, 0.717) is 12.1 Å². The number of hydrogen-bond acceptors (Lipinski definition) is 3. The molecule has 0 radical (unpaired) electrons. The monoisotopic (exact) mass is 333 g/mol. The van der Waals surface area contributed by atoms with Crippen LogP contribution >= 0.6 is 0 Å². The molecule has 130 valence electrons. The van der Waals surface area contributed by atoms with Gasteiger partial charge in [0, 0.05) is 37.9 Å². The fourth-order valence-electron chi connectivity index (χ4n) is 4.01. The van der Waals surface area contributed by atoms with Gasteiger partial charge in [-0.3, -0.25) is 0 Å². The van der Waals surface area contributed by atoms with Gasteiger partial charge in [0.1, 0.15) is 0 Å². The molecule has 0 aromatic heterocycles.